The van der Waals surface area contributed by atoms with Crippen molar-refractivity contribution >= 4 is 39.2 Å². The molecule has 0 bridgehead atoms. The summed E-state index contributed by atoms with van der Waals surface area (Å²) in [5.41, 5.74) is 5.26. The summed E-state index contributed by atoms with van der Waals surface area (Å²) in [5, 5.41) is 9.03. The Labute approximate surface area is 115 Å². The minimum absolute atomic E-state index is 0.412. The van der Waals surface area contributed by atoms with E-state index in [1.165, 1.54) is 11.3 Å². The van der Waals surface area contributed by atoms with E-state index < -0.39 is 11.9 Å². The maximum atomic E-state index is 11.1. The summed E-state index contributed by atoms with van der Waals surface area (Å²) in [7, 11) is 0. The van der Waals surface area contributed by atoms with Crippen molar-refractivity contribution in [2.24, 2.45) is 5.73 Å². The van der Waals surface area contributed by atoms with Gasteiger partial charge >= 0.3 is 0 Å². The normalized spacial score (nSPS) is 12.3. The first-order valence-corrected chi connectivity index (χ1v) is 7.04. The zero-order valence-corrected chi connectivity index (χ0v) is 11.8. The molecule has 2 aromatic heterocycles. The lowest BCUT2D eigenvalue weighted by Crippen LogP contribution is -2.32. The molecule has 0 aliphatic heterocycles. The summed E-state index contributed by atoms with van der Waals surface area (Å²) >= 11 is 1.54. The number of hydrogen-bond donors (Lipinski definition) is 3. The van der Waals surface area contributed by atoms with Crippen LogP contribution >= 0.6 is 11.3 Å². The van der Waals surface area contributed by atoms with E-state index >= 15 is 0 Å². The SMILES string of the molecule is CCCNc1nc(NC(C)C(N)=O)c2ccsc2n1. The third-order valence-electron chi connectivity index (χ3n) is 2.64. The largest absolute Gasteiger partial charge is 0.368 e. The number of nitrogens with zero attached hydrogens (tertiary/aromatic N) is 2. The number of fused-ring (bicyclic) bond motifs is 1. The predicted octanol–water partition coefficient (Wildman–Crippen LogP) is 1.80. The van der Waals surface area contributed by atoms with Crippen LogP contribution in [0.25, 0.3) is 10.2 Å². The minimum Gasteiger partial charge on any atom is -0.368 e. The number of nitrogens with two attached hydrogens (primary N) is 1. The van der Waals surface area contributed by atoms with Crippen molar-refractivity contribution in [1.29, 1.82) is 0 Å². The molecule has 2 rings (SSSR count). The zero-order valence-electron chi connectivity index (χ0n) is 10.9. The van der Waals surface area contributed by atoms with E-state index in [1.54, 1.807) is 6.92 Å². The van der Waals surface area contributed by atoms with Crippen LogP contribution in [0.1, 0.15) is 20.3 Å². The number of thiophene rings is 1. The second kappa shape index (κ2) is 5.83. The van der Waals surface area contributed by atoms with Crippen molar-refractivity contribution in [3.63, 3.8) is 0 Å². The van der Waals surface area contributed by atoms with E-state index in [-0.39, 0.29) is 0 Å². The molecule has 0 aliphatic carbocycles. The molecule has 2 heterocycles. The van der Waals surface area contributed by atoms with Crippen molar-refractivity contribution < 1.29 is 4.79 Å². The molecule has 0 radical (unpaired) electrons. The number of carbonyl (C=O) groups is 1. The maximum absolute atomic E-state index is 11.1. The van der Waals surface area contributed by atoms with E-state index in [0.29, 0.717) is 11.8 Å². The topological polar surface area (TPSA) is 92.9 Å². The van der Waals surface area contributed by atoms with Crippen molar-refractivity contribution in [3.05, 3.63) is 11.4 Å². The molecular formula is C12H17N5OS. The number of aromatic nitrogens is 2. The van der Waals surface area contributed by atoms with Crippen LogP contribution in [0.4, 0.5) is 11.8 Å². The summed E-state index contributed by atoms with van der Waals surface area (Å²) < 4.78 is 0. The molecule has 19 heavy (non-hydrogen) atoms. The fourth-order valence-electron chi connectivity index (χ4n) is 1.56. The Bertz CT molecular complexity index is 583. The standard InChI is InChI=1S/C12H17N5OS/c1-3-5-14-12-16-10(15-7(2)9(13)18)8-4-6-19-11(8)17-12/h4,6-7H,3,5H2,1-2H3,(H2,13,18)(H2,14,15,16,17). The second-order valence-corrected chi connectivity index (χ2v) is 5.12. The highest BCUT2D eigenvalue weighted by molar-refractivity contribution is 7.16. The van der Waals surface area contributed by atoms with E-state index in [4.69, 9.17) is 5.73 Å². The van der Waals surface area contributed by atoms with Crippen molar-refractivity contribution in [2.75, 3.05) is 17.2 Å². The third kappa shape index (κ3) is 3.11. The van der Waals surface area contributed by atoms with Crippen molar-refractivity contribution in [3.8, 4) is 0 Å². The first kappa shape index (κ1) is 13.5. The zero-order chi connectivity index (χ0) is 13.8. The van der Waals surface area contributed by atoms with Gasteiger partial charge in [0, 0.05) is 6.54 Å². The number of anilines is 2. The molecular weight excluding hydrogens is 262 g/mol. The van der Waals surface area contributed by atoms with Gasteiger partial charge in [0.15, 0.2) is 0 Å². The average molecular weight is 279 g/mol. The second-order valence-electron chi connectivity index (χ2n) is 4.23. The summed E-state index contributed by atoms with van der Waals surface area (Å²) in [6.45, 7) is 4.59. The van der Waals surface area contributed by atoms with Gasteiger partial charge in [-0.15, -0.1) is 11.3 Å². The van der Waals surface area contributed by atoms with Crippen molar-refractivity contribution in [2.45, 2.75) is 26.3 Å². The number of primary amides is 1. The van der Waals surface area contributed by atoms with E-state index in [2.05, 4.69) is 27.5 Å². The Morgan fingerprint density at radius 3 is 3.00 bits per heavy atom. The molecule has 1 unspecified atom stereocenters. The molecule has 0 aromatic carbocycles. The number of hydrogen-bond acceptors (Lipinski definition) is 6. The minimum atomic E-state index is -0.475. The molecule has 0 fully saturated rings. The van der Waals surface area contributed by atoms with Crippen molar-refractivity contribution in [1.82, 2.24) is 9.97 Å². The van der Waals surface area contributed by atoms with Crippen LogP contribution in [-0.4, -0.2) is 28.5 Å². The Hall–Kier alpha value is -1.89. The number of amides is 1. The van der Waals surface area contributed by atoms with Gasteiger partial charge in [-0.2, -0.15) is 4.98 Å². The van der Waals surface area contributed by atoms with Gasteiger partial charge in [0.1, 0.15) is 16.7 Å². The van der Waals surface area contributed by atoms with Gasteiger partial charge in [0.25, 0.3) is 0 Å². The van der Waals surface area contributed by atoms with Gasteiger partial charge in [-0.1, -0.05) is 6.92 Å². The number of carbonyl (C=O) groups excluding carboxylic acids is 1. The van der Waals surface area contributed by atoms with Gasteiger partial charge in [0.2, 0.25) is 11.9 Å². The molecule has 0 aliphatic rings. The van der Waals surface area contributed by atoms with Crippen LogP contribution in [0, 0.1) is 0 Å². The van der Waals surface area contributed by atoms with Gasteiger partial charge in [-0.05, 0) is 24.8 Å². The summed E-state index contributed by atoms with van der Waals surface area (Å²) in [6.07, 6.45) is 0.992. The first-order chi connectivity index (χ1) is 9.11. The molecule has 0 saturated carbocycles. The maximum Gasteiger partial charge on any atom is 0.239 e. The summed E-state index contributed by atoms with van der Waals surface area (Å²) in [6, 6.07) is 1.46. The Morgan fingerprint density at radius 1 is 1.53 bits per heavy atom. The molecule has 2 aromatic rings. The lowest BCUT2D eigenvalue weighted by Gasteiger charge is -2.13. The molecule has 7 heteroatoms. The first-order valence-electron chi connectivity index (χ1n) is 6.16. The fraction of sp³-hybridized carbons (Fsp3) is 0.417. The predicted molar refractivity (Wildman–Crippen MR) is 78.5 cm³/mol. The Balaban J connectivity index is 2.33. The van der Waals surface area contributed by atoms with Gasteiger partial charge in [-0.25, -0.2) is 4.98 Å². The Kier molecular flexibility index (Phi) is 4.16. The van der Waals surface area contributed by atoms with E-state index in [0.717, 1.165) is 23.2 Å². The molecule has 6 nitrogen and oxygen atoms in total. The summed E-state index contributed by atoms with van der Waals surface area (Å²) in [5.74, 6) is 0.789. The number of nitrogens with one attached hydrogen (secondary N) is 2. The van der Waals surface area contributed by atoms with Crippen LogP contribution in [-0.2, 0) is 4.79 Å². The third-order valence-corrected chi connectivity index (χ3v) is 3.44. The van der Waals surface area contributed by atoms with Crippen LogP contribution in [0.5, 0.6) is 0 Å². The highest BCUT2D eigenvalue weighted by Gasteiger charge is 2.13. The van der Waals surface area contributed by atoms with Crippen LogP contribution in [0.2, 0.25) is 0 Å². The molecule has 4 N–H and O–H groups in total. The number of rotatable bonds is 6. The monoisotopic (exact) mass is 279 g/mol. The van der Waals surface area contributed by atoms with E-state index in [1.807, 2.05) is 11.4 Å². The Morgan fingerprint density at radius 2 is 2.32 bits per heavy atom. The van der Waals surface area contributed by atoms with Crippen LogP contribution < -0.4 is 16.4 Å². The lowest BCUT2D eigenvalue weighted by molar-refractivity contribution is -0.118. The van der Waals surface area contributed by atoms with Gasteiger partial charge < -0.3 is 16.4 Å². The quantitative estimate of drug-likeness (QED) is 0.749. The smallest absolute Gasteiger partial charge is 0.239 e. The molecule has 1 amide bonds. The average Bonchev–Trinajstić information content (AvgIpc) is 2.84. The molecule has 0 spiro atoms. The molecule has 0 saturated heterocycles. The van der Waals surface area contributed by atoms with Crippen LogP contribution in [0.15, 0.2) is 11.4 Å². The molecule has 1 atom stereocenters. The fourth-order valence-corrected chi connectivity index (χ4v) is 2.32. The van der Waals surface area contributed by atoms with E-state index in [9.17, 15) is 4.79 Å². The van der Waals surface area contributed by atoms with Gasteiger partial charge in [0.05, 0.1) is 5.39 Å². The summed E-state index contributed by atoms with van der Waals surface area (Å²) in [4.78, 5) is 20.8. The lowest BCUT2D eigenvalue weighted by atomic mass is 10.3. The molecule has 102 valence electrons. The van der Waals surface area contributed by atoms with Crippen LogP contribution in [0.3, 0.4) is 0 Å². The van der Waals surface area contributed by atoms with Gasteiger partial charge in [-0.3, -0.25) is 4.79 Å². The highest BCUT2D eigenvalue weighted by Crippen LogP contribution is 2.26. The highest BCUT2D eigenvalue weighted by atomic mass is 32.1.